The molecule has 1 aromatic carbocycles. The van der Waals surface area contributed by atoms with Gasteiger partial charge in [0.2, 0.25) is 0 Å². The number of amides is 2. The Kier molecular flexibility index (Phi) is 3.23. The van der Waals surface area contributed by atoms with Crippen LogP contribution in [0.2, 0.25) is 0 Å². The normalized spacial score (nSPS) is 10.5. The van der Waals surface area contributed by atoms with Gasteiger partial charge in [0, 0.05) is 20.5 Å². The molecule has 17 heavy (non-hydrogen) atoms. The van der Waals surface area contributed by atoms with Crippen LogP contribution < -0.4 is 10.6 Å². The van der Waals surface area contributed by atoms with Crippen molar-refractivity contribution in [1.29, 1.82) is 0 Å². The number of aromatic nitrogens is 1. The van der Waals surface area contributed by atoms with E-state index in [9.17, 15) is 4.79 Å². The van der Waals surface area contributed by atoms with Gasteiger partial charge in [-0.2, -0.15) is 0 Å². The third-order valence-corrected chi connectivity index (χ3v) is 2.33. The molecule has 0 radical (unpaired) electrons. The van der Waals surface area contributed by atoms with Gasteiger partial charge >= 0.3 is 6.03 Å². The highest BCUT2D eigenvalue weighted by Gasteiger charge is 2.06. The predicted molar refractivity (Wildman–Crippen MR) is 73.3 cm³/mol. The molecule has 0 atom stereocenters. The van der Waals surface area contributed by atoms with E-state index < -0.39 is 0 Å². The van der Waals surface area contributed by atoms with Crippen molar-refractivity contribution in [3.05, 3.63) is 36.5 Å². The van der Waals surface area contributed by atoms with Crippen LogP contribution in [0.5, 0.6) is 0 Å². The van der Waals surface area contributed by atoms with Crippen molar-refractivity contribution in [3.63, 3.8) is 0 Å². The quantitative estimate of drug-likeness (QED) is 0.836. The number of urea groups is 1. The molecule has 2 rings (SSSR count). The Morgan fingerprint density at radius 1 is 1.29 bits per heavy atom. The van der Waals surface area contributed by atoms with Crippen LogP contribution in [0.3, 0.4) is 0 Å². The Hall–Kier alpha value is -2.10. The van der Waals surface area contributed by atoms with E-state index in [1.165, 1.54) is 0 Å². The van der Waals surface area contributed by atoms with E-state index in [2.05, 4.69) is 15.6 Å². The third-order valence-electron chi connectivity index (χ3n) is 2.33. The van der Waals surface area contributed by atoms with E-state index in [1.54, 1.807) is 6.20 Å². The average molecular weight is 233 g/mol. The maximum atomic E-state index is 11.6. The number of rotatable bonds is 2. The zero-order chi connectivity index (χ0) is 12.3. The molecule has 0 fully saturated rings. The summed E-state index contributed by atoms with van der Waals surface area (Å²) >= 11 is 0. The van der Waals surface area contributed by atoms with Gasteiger partial charge in [0.15, 0.2) is 0 Å². The molecule has 0 unspecified atom stereocenters. The van der Waals surface area contributed by atoms with Gasteiger partial charge in [0.05, 0.1) is 0 Å². The van der Waals surface area contributed by atoms with Gasteiger partial charge in [-0.3, -0.25) is 5.32 Å². The molecule has 0 aliphatic carbocycles. The van der Waals surface area contributed by atoms with E-state index in [1.807, 2.05) is 44.2 Å². The Labute approximate surface area is 103 Å². The molecule has 2 N–H and O–H groups in total. The Morgan fingerprint density at radius 2 is 2.06 bits per heavy atom. The largest absolute Gasteiger partial charge is 0.336 e. The predicted octanol–water partition coefficient (Wildman–Crippen LogP) is 3.26. The van der Waals surface area contributed by atoms with E-state index in [0.29, 0.717) is 5.82 Å². The lowest BCUT2D eigenvalue weighted by atomic mass is 10.1. The zero-order valence-electron chi connectivity index (χ0n) is 9.90. The van der Waals surface area contributed by atoms with Crippen molar-refractivity contribution in [1.82, 2.24) is 10.3 Å². The summed E-state index contributed by atoms with van der Waals surface area (Å²) in [6.07, 6.45) is 1.69. The van der Waals surface area contributed by atoms with Gasteiger partial charge in [-0.25, -0.2) is 9.78 Å². The maximum Gasteiger partial charge on any atom is 0.320 e. The van der Waals surface area contributed by atoms with Crippen molar-refractivity contribution in [2.24, 2.45) is 0 Å². The van der Waals surface area contributed by atoms with Gasteiger partial charge in [0.25, 0.3) is 0 Å². The highest BCUT2D eigenvalue weighted by molar-refractivity contribution is 5.99. The standard InChI is InChI=1S/C13H15N3O.2H2/c1-9(2)15-13(17)16-12-11-6-4-3-5-10(11)7-8-14-12;;/h3-9H,1-2H3,(H2,14,15,16,17);2*1H. The molecule has 0 spiro atoms. The minimum absolute atomic E-state index is 0. The Balaban J connectivity index is 0.00000162. The molecule has 2 amide bonds. The molecular formula is C13H19N3O. The first-order chi connectivity index (χ1) is 8.16. The highest BCUT2D eigenvalue weighted by atomic mass is 16.2. The Bertz CT molecular complexity index is 541. The summed E-state index contributed by atoms with van der Waals surface area (Å²) in [6, 6.07) is 9.60. The van der Waals surface area contributed by atoms with Crippen LogP contribution in [0.25, 0.3) is 10.8 Å². The van der Waals surface area contributed by atoms with Crippen LogP contribution in [0.4, 0.5) is 10.6 Å². The molecule has 1 aromatic heterocycles. The monoisotopic (exact) mass is 233 g/mol. The van der Waals surface area contributed by atoms with Gasteiger partial charge in [-0.1, -0.05) is 24.3 Å². The molecule has 1 heterocycles. The van der Waals surface area contributed by atoms with E-state index in [-0.39, 0.29) is 14.9 Å². The molecule has 4 heteroatoms. The topological polar surface area (TPSA) is 54.0 Å². The highest BCUT2D eigenvalue weighted by Crippen LogP contribution is 2.19. The fraction of sp³-hybridized carbons (Fsp3) is 0.231. The van der Waals surface area contributed by atoms with Gasteiger partial charge in [-0.15, -0.1) is 0 Å². The number of anilines is 1. The number of carbonyl (C=O) groups excluding carboxylic acids is 1. The summed E-state index contributed by atoms with van der Waals surface area (Å²) in [5.41, 5.74) is 0. The fourth-order valence-corrected chi connectivity index (χ4v) is 1.63. The lowest BCUT2D eigenvalue weighted by Gasteiger charge is -2.10. The first kappa shape index (κ1) is 11.4. The molecule has 2 aromatic rings. The van der Waals surface area contributed by atoms with Gasteiger partial charge in [0.1, 0.15) is 5.82 Å². The maximum absolute atomic E-state index is 11.6. The van der Waals surface area contributed by atoms with Crippen LogP contribution in [-0.4, -0.2) is 17.1 Å². The van der Waals surface area contributed by atoms with Gasteiger partial charge < -0.3 is 5.32 Å². The number of benzene rings is 1. The SMILES string of the molecule is CC(C)NC(=O)Nc1nccc2ccccc12.[HH].[HH]. The second-order valence-corrected chi connectivity index (χ2v) is 4.13. The van der Waals surface area contributed by atoms with E-state index in [4.69, 9.17) is 0 Å². The number of pyridine rings is 1. The number of fused-ring (bicyclic) bond motifs is 1. The molecule has 0 aliphatic rings. The van der Waals surface area contributed by atoms with Crippen molar-refractivity contribution in [2.75, 3.05) is 5.32 Å². The summed E-state index contributed by atoms with van der Waals surface area (Å²) in [4.78, 5) is 15.8. The van der Waals surface area contributed by atoms with Crippen LogP contribution in [0.15, 0.2) is 36.5 Å². The molecule has 0 bridgehead atoms. The number of hydrogen-bond donors (Lipinski definition) is 2. The van der Waals surface area contributed by atoms with Crippen LogP contribution in [-0.2, 0) is 0 Å². The lowest BCUT2D eigenvalue weighted by molar-refractivity contribution is 0.250. The summed E-state index contributed by atoms with van der Waals surface area (Å²) < 4.78 is 0. The van der Waals surface area contributed by atoms with Crippen LogP contribution in [0, 0.1) is 0 Å². The number of nitrogens with zero attached hydrogens (tertiary/aromatic N) is 1. The molecule has 0 saturated heterocycles. The first-order valence-electron chi connectivity index (χ1n) is 5.58. The molecular weight excluding hydrogens is 214 g/mol. The summed E-state index contributed by atoms with van der Waals surface area (Å²) in [6.45, 7) is 3.83. The fourth-order valence-electron chi connectivity index (χ4n) is 1.63. The second-order valence-electron chi connectivity index (χ2n) is 4.13. The van der Waals surface area contributed by atoms with Gasteiger partial charge in [-0.05, 0) is 25.3 Å². The summed E-state index contributed by atoms with van der Waals surface area (Å²) in [5.74, 6) is 0.584. The summed E-state index contributed by atoms with van der Waals surface area (Å²) in [7, 11) is 0. The average Bonchev–Trinajstić information content (AvgIpc) is 2.28. The zero-order valence-corrected chi connectivity index (χ0v) is 9.90. The van der Waals surface area contributed by atoms with Crippen LogP contribution >= 0.6 is 0 Å². The summed E-state index contributed by atoms with van der Waals surface area (Å²) in [5, 5.41) is 7.52. The Morgan fingerprint density at radius 3 is 2.82 bits per heavy atom. The van der Waals surface area contributed by atoms with Crippen molar-refractivity contribution >= 4 is 22.6 Å². The number of carbonyl (C=O) groups is 1. The lowest BCUT2D eigenvalue weighted by Crippen LogP contribution is -2.34. The molecule has 92 valence electrons. The number of nitrogens with one attached hydrogen (secondary N) is 2. The molecule has 4 nitrogen and oxygen atoms in total. The van der Waals surface area contributed by atoms with Crippen LogP contribution in [0.1, 0.15) is 16.7 Å². The third kappa shape index (κ3) is 2.72. The van der Waals surface area contributed by atoms with Crippen molar-refractivity contribution in [3.8, 4) is 0 Å². The molecule has 0 saturated carbocycles. The van der Waals surface area contributed by atoms with Crippen molar-refractivity contribution < 1.29 is 7.65 Å². The van der Waals surface area contributed by atoms with E-state index >= 15 is 0 Å². The number of hydrogen-bond acceptors (Lipinski definition) is 2. The van der Waals surface area contributed by atoms with E-state index in [0.717, 1.165) is 10.8 Å². The smallest absolute Gasteiger partial charge is 0.320 e. The minimum atomic E-state index is -0.233. The van der Waals surface area contributed by atoms with Crippen molar-refractivity contribution in [2.45, 2.75) is 19.9 Å². The first-order valence-corrected chi connectivity index (χ1v) is 5.58. The second kappa shape index (κ2) is 4.82. The minimum Gasteiger partial charge on any atom is -0.336 e. The molecule has 0 aliphatic heterocycles.